The Labute approximate surface area is 58.5 Å². The smallest absolute Gasteiger partial charge is 0.00510 e. The zero-order chi connectivity index (χ0) is 5.82. The summed E-state index contributed by atoms with van der Waals surface area (Å²) in [7, 11) is 0.338. The standard InChI is InChI=1S/C5H11NS2/c7-6-8-4-2-1-3-5-8/h7H,1-5H2. The molecule has 0 spiro atoms. The van der Waals surface area contributed by atoms with Crippen molar-refractivity contribution in [2.24, 2.45) is 3.77 Å². The summed E-state index contributed by atoms with van der Waals surface area (Å²) in [6.45, 7) is 0. The maximum absolute atomic E-state index is 3.97. The Hall–Kier alpha value is 0.500. The Morgan fingerprint density at radius 3 is 2.12 bits per heavy atom. The zero-order valence-electron chi connectivity index (χ0n) is 4.84. The minimum atomic E-state index is 0.338. The Kier molecular flexibility index (Phi) is 2.90. The number of rotatable bonds is 0. The number of nitrogens with zero attached hydrogens (tertiary/aromatic N) is 1. The monoisotopic (exact) mass is 149 g/mol. The van der Waals surface area contributed by atoms with E-state index in [0.29, 0.717) is 10.7 Å². The van der Waals surface area contributed by atoms with Crippen molar-refractivity contribution in [3.8, 4) is 0 Å². The molecule has 0 aliphatic carbocycles. The van der Waals surface area contributed by atoms with Crippen LogP contribution in [-0.4, -0.2) is 11.5 Å². The Morgan fingerprint density at radius 2 is 1.75 bits per heavy atom. The van der Waals surface area contributed by atoms with E-state index in [4.69, 9.17) is 0 Å². The highest BCUT2D eigenvalue weighted by Gasteiger charge is 2.02. The summed E-state index contributed by atoms with van der Waals surface area (Å²) < 4.78 is 3.97. The second-order valence-electron chi connectivity index (χ2n) is 2.01. The van der Waals surface area contributed by atoms with Crippen molar-refractivity contribution in [2.45, 2.75) is 19.3 Å². The van der Waals surface area contributed by atoms with Crippen LogP contribution in [0.15, 0.2) is 3.77 Å². The molecular formula is C5H11NS2. The summed E-state index contributed by atoms with van der Waals surface area (Å²) >= 11 is 3.90. The molecule has 0 radical (unpaired) electrons. The van der Waals surface area contributed by atoms with Crippen LogP contribution in [0.4, 0.5) is 0 Å². The van der Waals surface area contributed by atoms with Gasteiger partial charge in [0.1, 0.15) is 0 Å². The number of thiol groups is 1. The molecule has 1 nitrogen and oxygen atoms in total. The van der Waals surface area contributed by atoms with E-state index in [0.717, 1.165) is 0 Å². The Balaban J connectivity index is 2.33. The van der Waals surface area contributed by atoms with E-state index < -0.39 is 0 Å². The molecule has 0 bridgehead atoms. The second kappa shape index (κ2) is 3.51. The van der Waals surface area contributed by atoms with E-state index in [1.54, 1.807) is 0 Å². The van der Waals surface area contributed by atoms with Gasteiger partial charge in [-0.15, -0.1) is 0 Å². The summed E-state index contributed by atoms with van der Waals surface area (Å²) in [4.78, 5) is 0. The van der Waals surface area contributed by atoms with Gasteiger partial charge in [0.15, 0.2) is 0 Å². The van der Waals surface area contributed by atoms with Gasteiger partial charge in [0.05, 0.1) is 0 Å². The molecule has 0 unspecified atom stereocenters. The van der Waals surface area contributed by atoms with Crippen LogP contribution >= 0.6 is 12.8 Å². The average Bonchev–Trinajstić information content (AvgIpc) is 1.90. The van der Waals surface area contributed by atoms with Crippen molar-refractivity contribution in [2.75, 3.05) is 11.5 Å². The van der Waals surface area contributed by atoms with Crippen molar-refractivity contribution in [1.82, 2.24) is 0 Å². The van der Waals surface area contributed by atoms with Crippen LogP contribution < -0.4 is 0 Å². The molecule has 0 aromatic carbocycles. The lowest BCUT2D eigenvalue weighted by Crippen LogP contribution is -2.07. The van der Waals surface area contributed by atoms with Crippen LogP contribution in [0, 0.1) is 0 Å². The van der Waals surface area contributed by atoms with Crippen molar-refractivity contribution < 1.29 is 0 Å². The molecule has 1 aliphatic heterocycles. The fraction of sp³-hybridized carbons (Fsp3) is 1.00. The van der Waals surface area contributed by atoms with E-state index in [1.165, 1.54) is 30.8 Å². The van der Waals surface area contributed by atoms with E-state index in [2.05, 4.69) is 16.6 Å². The third kappa shape index (κ3) is 1.78. The summed E-state index contributed by atoms with van der Waals surface area (Å²) in [5.41, 5.74) is 0. The van der Waals surface area contributed by atoms with Gasteiger partial charge in [0.25, 0.3) is 0 Å². The minimum Gasteiger partial charge on any atom is -0.199 e. The molecule has 0 atom stereocenters. The first-order valence-electron chi connectivity index (χ1n) is 2.96. The van der Waals surface area contributed by atoms with Gasteiger partial charge in [-0.3, -0.25) is 0 Å². The highest BCUT2D eigenvalue weighted by Crippen LogP contribution is 2.09. The summed E-state index contributed by atoms with van der Waals surface area (Å²) in [6.07, 6.45) is 4.15. The molecule has 1 rings (SSSR count). The molecule has 1 heterocycles. The van der Waals surface area contributed by atoms with Gasteiger partial charge < -0.3 is 0 Å². The minimum absolute atomic E-state index is 0.338. The van der Waals surface area contributed by atoms with E-state index in [-0.39, 0.29) is 0 Å². The lowest BCUT2D eigenvalue weighted by atomic mass is 10.3. The van der Waals surface area contributed by atoms with Crippen molar-refractivity contribution in [3.63, 3.8) is 0 Å². The van der Waals surface area contributed by atoms with Crippen molar-refractivity contribution in [3.05, 3.63) is 0 Å². The topological polar surface area (TPSA) is 12.4 Å². The highest BCUT2D eigenvalue weighted by molar-refractivity contribution is 7.95. The van der Waals surface area contributed by atoms with Crippen LogP contribution in [0.1, 0.15) is 19.3 Å². The molecule has 3 heteroatoms. The van der Waals surface area contributed by atoms with Crippen LogP contribution in [-0.2, 0) is 10.7 Å². The maximum atomic E-state index is 3.97. The van der Waals surface area contributed by atoms with Gasteiger partial charge in [-0.05, 0) is 25.7 Å². The molecule has 1 saturated heterocycles. The number of hydrogen-bond donors (Lipinski definition) is 1. The van der Waals surface area contributed by atoms with Gasteiger partial charge in [-0.25, -0.2) is 0 Å². The molecule has 48 valence electrons. The van der Waals surface area contributed by atoms with Gasteiger partial charge >= 0.3 is 0 Å². The first-order chi connectivity index (χ1) is 3.93. The van der Waals surface area contributed by atoms with Crippen molar-refractivity contribution in [1.29, 1.82) is 0 Å². The first kappa shape index (κ1) is 6.62. The van der Waals surface area contributed by atoms with Gasteiger partial charge in [0, 0.05) is 11.5 Å². The van der Waals surface area contributed by atoms with E-state index >= 15 is 0 Å². The lowest BCUT2D eigenvalue weighted by molar-refractivity contribution is 0.760. The maximum Gasteiger partial charge on any atom is 0.00510 e. The predicted molar refractivity (Wildman–Crippen MR) is 42.4 cm³/mol. The summed E-state index contributed by atoms with van der Waals surface area (Å²) in [5, 5.41) is 0. The molecule has 0 aromatic rings. The fourth-order valence-corrected chi connectivity index (χ4v) is 2.83. The molecule has 1 fully saturated rings. The Morgan fingerprint density at radius 1 is 1.12 bits per heavy atom. The van der Waals surface area contributed by atoms with Crippen molar-refractivity contribution >= 4 is 23.5 Å². The van der Waals surface area contributed by atoms with Gasteiger partial charge in [-0.2, -0.15) is 3.77 Å². The molecule has 0 aromatic heterocycles. The second-order valence-corrected chi connectivity index (χ2v) is 4.41. The normalized spacial score (nSPS) is 23.1. The quantitative estimate of drug-likeness (QED) is 0.504. The third-order valence-electron chi connectivity index (χ3n) is 1.38. The van der Waals surface area contributed by atoms with Crippen LogP contribution in [0.2, 0.25) is 0 Å². The first-order valence-corrected chi connectivity index (χ1v) is 4.88. The molecule has 8 heavy (non-hydrogen) atoms. The molecular weight excluding hydrogens is 138 g/mol. The lowest BCUT2D eigenvalue weighted by Gasteiger charge is -2.11. The largest absolute Gasteiger partial charge is 0.199 e. The van der Waals surface area contributed by atoms with E-state index in [9.17, 15) is 0 Å². The van der Waals surface area contributed by atoms with Crippen LogP contribution in [0.25, 0.3) is 0 Å². The Bertz CT molecular complexity index is 92.6. The van der Waals surface area contributed by atoms with Crippen LogP contribution in [0.5, 0.6) is 0 Å². The SMILES string of the molecule is SN=S1CCCCC1. The fourth-order valence-electron chi connectivity index (χ4n) is 0.898. The summed E-state index contributed by atoms with van der Waals surface area (Å²) in [6, 6.07) is 0. The summed E-state index contributed by atoms with van der Waals surface area (Å²) in [5.74, 6) is 2.59. The molecule has 0 N–H and O–H groups in total. The van der Waals surface area contributed by atoms with E-state index in [1.807, 2.05) is 0 Å². The van der Waals surface area contributed by atoms with Gasteiger partial charge in [-0.1, -0.05) is 17.1 Å². The third-order valence-corrected chi connectivity index (χ3v) is 3.82. The predicted octanol–water partition coefficient (Wildman–Crippen LogP) is 1.82. The molecule has 0 amide bonds. The molecule has 0 saturated carbocycles. The average molecular weight is 149 g/mol. The van der Waals surface area contributed by atoms with Crippen LogP contribution in [0.3, 0.4) is 0 Å². The van der Waals surface area contributed by atoms with Gasteiger partial charge in [0.2, 0.25) is 0 Å². The molecule has 1 aliphatic rings. The zero-order valence-corrected chi connectivity index (χ0v) is 6.55. The number of hydrogen-bond acceptors (Lipinski definition) is 1. The highest BCUT2D eigenvalue weighted by atomic mass is 32.2.